The van der Waals surface area contributed by atoms with Gasteiger partial charge in [0.25, 0.3) is 5.91 Å². The minimum atomic E-state index is -0.478. The van der Waals surface area contributed by atoms with Crippen LogP contribution in [-0.4, -0.2) is 15.9 Å². The Bertz CT molecular complexity index is 634. The quantitative estimate of drug-likeness (QED) is 0.906. The monoisotopic (exact) mass is 343 g/mol. The summed E-state index contributed by atoms with van der Waals surface area (Å²) in [5.41, 5.74) is 1.21. The summed E-state index contributed by atoms with van der Waals surface area (Å²) in [7, 11) is 0. The molecule has 0 unspecified atom stereocenters. The van der Waals surface area contributed by atoms with Gasteiger partial charge in [0.2, 0.25) is 0 Å². The lowest BCUT2D eigenvalue weighted by Crippen LogP contribution is -2.15. The number of rotatable bonds is 2. The summed E-state index contributed by atoms with van der Waals surface area (Å²) in [6.07, 6.45) is 2.52. The van der Waals surface area contributed by atoms with Gasteiger partial charge in [-0.3, -0.25) is 4.79 Å². The molecule has 1 N–H and O–H groups in total. The molecule has 1 heterocycles. The number of aromatic nitrogens is 2. The van der Waals surface area contributed by atoms with E-state index in [0.717, 1.165) is 5.56 Å². The number of nitrogens with zero attached hydrogens (tertiary/aromatic N) is 2. The second-order valence-electron chi connectivity index (χ2n) is 3.76. The lowest BCUT2D eigenvalue weighted by molar-refractivity contribution is 0.102. The summed E-state index contributed by atoms with van der Waals surface area (Å²) in [5, 5.41) is 2.77. The van der Waals surface area contributed by atoms with E-state index < -0.39 is 11.7 Å². The fourth-order valence-electron chi connectivity index (χ4n) is 1.40. The molecule has 0 bridgehead atoms. The fraction of sp³-hybridized carbons (Fsp3) is 0.0833. The van der Waals surface area contributed by atoms with E-state index in [0.29, 0.717) is 10.2 Å². The summed E-state index contributed by atoms with van der Waals surface area (Å²) in [4.78, 5) is 19.5. The molecule has 0 spiro atoms. The predicted octanol–water partition coefficient (Wildman–Crippen LogP) is 3.59. The minimum absolute atomic E-state index is 0.104. The molecule has 19 heavy (non-hydrogen) atoms. The Morgan fingerprint density at radius 2 is 2.11 bits per heavy atom. The van der Waals surface area contributed by atoms with Crippen LogP contribution in [0.5, 0.6) is 0 Å². The Labute approximate surface area is 122 Å². The van der Waals surface area contributed by atoms with Crippen molar-refractivity contribution < 1.29 is 9.18 Å². The number of carbonyl (C=O) groups is 1. The van der Waals surface area contributed by atoms with Crippen molar-refractivity contribution in [3.63, 3.8) is 0 Å². The summed E-state index contributed by atoms with van der Waals surface area (Å²) < 4.78 is 13.8. The number of aryl methyl sites for hydroxylation is 1. The summed E-state index contributed by atoms with van der Waals surface area (Å²) in [6, 6.07) is 2.82. The smallest absolute Gasteiger partial charge is 0.275 e. The molecular formula is C12H8BrClFN3O. The van der Waals surface area contributed by atoms with Crippen LogP contribution in [0.1, 0.15) is 16.1 Å². The zero-order valence-corrected chi connectivity index (χ0v) is 12.1. The molecule has 2 rings (SSSR count). The van der Waals surface area contributed by atoms with E-state index in [9.17, 15) is 9.18 Å². The standard InChI is InChI=1S/C12H8BrClFN3O/c1-6-2-7(13)8(15)3-9(6)18-12(19)10-4-17-11(14)5-16-10/h2-5H,1H3,(H,18,19). The van der Waals surface area contributed by atoms with Gasteiger partial charge in [-0.25, -0.2) is 14.4 Å². The van der Waals surface area contributed by atoms with Crippen LogP contribution in [0.2, 0.25) is 5.15 Å². The lowest BCUT2D eigenvalue weighted by atomic mass is 10.2. The molecule has 0 aliphatic heterocycles. The van der Waals surface area contributed by atoms with Crippen molar-refractivity contribution in [2.45, 2.75) is 6.92 Å². The Morgan fingerprint density at radius 3 is 2.74 bits per heavy atom. The first-order valence-electron chi connectivity index (χ1n) is 5.22. The minimum Gasteiger partial charge on any atom is -0.320 e. The van der Waals surface area contributed by atoms with Crippen molar-refractivity contribution in [1.82, 2.24) is 9.97 Å². The molecule has 0 fully saturated rings. The van der Waals surface area contributed by atoms with Gasteiger partial charge in [0, 0.05) is 5.69 Å². The van der Waals surface area contributed by atoms with Crippen molar-refractivity contribution in [2.24, 2.45) is 0 Å². The van der Waals surface area contributed by atoms with Gasteiger partial charge in [0.15, 0.2) is 0 Å². The predicted molar refractivity (Wildman–Crippen MR) is 73.8 cm³/mol. The largest absolute Gasteiger partial charge is 0.320 e. The first kappa shape index (κ1) is 13.9. The Kier molecular flexibility index (Phi) is 4.11. The number of hydrogen-bond donors (Lipinski definition) is 1. The third-order valence-corrected chi connectivity index (χ3v) is 3.17. The van der Waals surface area contributed by atoms with E-state index >= 15 is 0 Å². The fourth-order valence-corrected chi connectivity index (χ4v) is 1.95. The summed E-state index contributed by atoms with van der Waals surface area (Å²) in [5.74, 6) is -0.933. The van der Waals surface area contributed by atoms with E-state index in [-0.39, 0.29) is 10.8 Å². The van der Waals surface area contributed by atoms with Gasteiger partial charge in [-0.1, -0.05) is 11.6 Å². The Morgan fingerprint density at radius 1 is 1.37 bits per heavy atom. The van der Waals surface area contributed by atoms with E-state index in [1.165, 1.54) is 18.5 Å². The molecule has 0 saturated heterocycles. The van der Waals surface area contributed by atoms with Crippen LogP contribution in [0.4, 0.5) is 10.1 Å². The van der Waals surface area contributed by atoms with Crippen LogP contribution in [0.25, 0.3) is 0 Å². The molecule has 98 valence electrons. The highest BCUT2D eigenvalue weighted by Crippen LogP contribution is 2.24. The van der Waals surface area contributed by atoms with Crippen LogP contribution >= 0.6 is 27.5 Å². The first-order chi connectivity index (χ1) is 8.97. The van der Waals surface area contributed by atoms with Crippen molar-refractivity contribution in [3.8, 4) is 0 Å². The topological polar surface area (TPSA) is 54.9 Å². The summed E-state index contributed by atoms with van der Waals surface area (Å²) >= 11 is 8.65. The maximum Gasteiger partial charge on any atom is 0.275 e. The lowest BCUT2D eigenvalue weighted by Gasteiger charge is -2.09. The van der Waals surface area contributed by atoms with E-state index in [1.54, 1.807) is 13.0 Å². The molecule has 0 aliphatic rings. The molecule has 0 atom stereocenters. The number of hydrogen-bond acceptors (Lipinski definition) is 3. The van der Waals surface area contributed by atoms with Crippen LogP contribution in [-0.2, 0) is 0 Å². The number of anilines is 1. The van der Waals surface area contributed by atoms with Crippen molar-refractivity contribution in [3.05, 3.63) is 51.2 Å². The first-order valence-corrected chi connectivity index (χ1v) is 6.39. The second-order valence-corrected chi connectivity index (χ2v) is 5.00. The molecule has 7 heteroatoms. The van der Waals surface area contributed by atoms with E-state index in [2.05, 4.69) is 31.2 Å². The molecular weight excluding hydrogens is 337 g/mol. The Hall–Kier alpha value is -1.53. The van der Waals surface area contributed by atoms with Crippen molar-refractivity contribution >= 4 is 39.1 Å². The van der Waals surface area contributed by atoms with Crippen molar-refractivity contribution in [1.29, 1.82) is 0 Å². The number of amides is 1. The molecule has 0 saturated carbocycles. The van der Waals surface area contributed by atoms with Crippen LogP contribution < -0.4 is 5.32 Å². The molecule has 0 radical (unpaired) electrons. The van der Waals surface area contributed by atoms with Gasteiger partial charge in [-0.2, -0.15) is 0 Å². The van der Waals surface area contributed by atoms with Crippen LogP contribution in [0, 0.1) is 12.7 Å². The molecule has 1 aromatic carbocycles. The number of halogens is 3. The molecule has 0 aliphatic carbocycles. The molecule has 1 amide bonds. The zero-order valence-electron chi connectivity index (χ0n) is 9.75. The van der Waals surface area contributed by atoms with Gasteiger partial charge >= 0.3 is 0 Å². The van der Waals surface area contributed by atoms with Gasteiger partial charge in [0.1, 0.15) is 16.7 Å². The third kappa shape index (κ3) is 3.27. The average molecular weight is 345 g/mol. The Balaban J connectivity index is 2.24. The van der Waals surface area contributed by atoms with Crippen molar-refractivity contribution in [2.75, 3.05) is 5.32 Å². The maximum atomic E-state index is 13.4. The van der Waals surface area contributed by atoms with Gasteiger partial charge in [-0.15, -0.1) is 0 Å². The highest BCUT2D eigenvalue weighted by atomic mass is 79.9. The van der Waals surface area contributed by atoms with Gasteiger partial charge in [-0.05, 0) is 40.5 Å². The van der Waals surface area contributed by atoms with E-state index in [4.69, 9.17) is 11.6 Å². The summed E-state index contributed by atoms with van der Waals surface area (Å²) in [6.45, 7) is 1.76. The normalized spacial score (nSPS) is 10.3. The molecule has 4 nitrogen and oxygen atoms in total. The number of carbonyl (C=O) groups excluding carboxylic acids is 1. The number of benzene rings is 1. The highest BCUT2D eigenvalue weighted by molar-refractivity contribution is 9.10. The third-order valence-electron chi connectivity index (χ3n) is 2.37. The van der Waals surface area contributed by atoms with Crippen LogP contribution in [0.15, 0.2) is 29.0 Å². The molecule has 1 aromatic heterocycles. The van der Waals surface area contributed by atoms with Gasteiger partial charge in [0.05, 0.1) is 16.9 Å². The zero-order chi connectivity index (χ0) is 14.0. The maximum absolute atomic E-state index is 13.4. The second kappa shape index (κ2) is 5.63. The average Bonchev–Trinajstić information content (AvgIpc) is 2.36. The highest BCUT2D eigenvalue weighted by Gasteiger charge is 2.11. The van der Waals surface area contributed by atoms with Gasteiger partial charge < -0.3 is 5.32 Å². The van der Waals surface area contributed by atoms with Crippen LogP contribution in [0.3, 0.4) is 0 Å². The molecule has 2 aromatic rings. The number of nitrogens with one attached hydrogen (secondary N) is 1. The SMILES string of the molecule is Cc1cc(Br)c(F)cc1NC(=O)c1cnc(Cl)cn1. The van der Waals surface area contributed by atoms with E-state index in [1.807, 2.05) is 0 Å².